The van der Waals surface area contributed by atoms with E-state index in [2.05, 4.69) is 24.9 Å². The molecule has 0 saturated heterocycles. The van der Waals surface area contributed by atoms with Gasteiger partial charge < -0.3 is 11.5 Å². The zero-order chi connectivity index (χ0) is 14.1. The second-order valence-corrected chi connectivity index (χ2v) is 4.27. The standard InChI is InChI=1S/C13H13N7/c1-2-7-12-9(20-13(15)19-7)4-3-8(18-12)10-5-17-11(14)6-16-10/h3-6H,2H2,1H3,(H2,14,17)(H2,15,19,20). The molecular formula is C13H13N7. The van der Waals surface area contributed by atoms with Crippen LogP contribution in [0.5, 0.6) is 0 Å². The molecule has 0 atom stereocenters. The summed E-state index contributed by atoms with van der Waals surface area (Å²) in [5.74, 6) is 0.635. The van der Waals surface area contributed by atoms with Gasteiger partial charge in [-0.2, -0.15) is 0 Å². The van der Waals surface area contributed by atoms with Gasteiger partial charge in [-0.05, 0) is 18.6 Å². The first-order chi connectivity index (χ1) is 9.67. The van der Waals surface area contributed by atoms with Gasteiger partial charge in [0, 0.05) is 0 Å². The molecule has 7 heteroatoms. The van der Waals surface area contributed by atoms with E-state index < -0.39 is 0 Å². The number of aryl methyl sites for hydroxylation is 1. The highest BCUT2D eigenvalue weighted by molar-refractivity contribution is 5.80. The number of anilines is 2. The molecule has 0 unspecified atom stereocenters. The number of rotatable bonds is 2. The molecule has 0 aliphatic heterocycles. The van der Waals surface area contributed by atoms with Gasteiger partial charge >= 0.3 is 0 Å². The lowest BCUT2D eigenvalue weighted by atomic mass is 10.2. The fraction of sp³-hybridized carbons (Fsp3) is 0.154. The number of nitrogen functional groups attached to an aromatic ring is 2. The van der Waals surface area contributed by atoms with E-state index in [0.29, 0.717) is 17.2 Å². The Morgan fingerprint density at radius 3 is 2.50 bits per heavy atom. The van der Waals surface area contributed by atoms with Crippen molar-refractivity contribution in [2.45, 2.75) is 13.3 Å². The smallest absolute Gasteiger partial charge is 0.220 e. The summed E-state index contributed by atoms with van der Waals surface area (Å²) in [5.41, 5.74) is 14.8. The predicted octanol–water partition coefficient (Wildman–Crippen LogP) is 1.21. The van der Waals surface area contributed by atoms with E-state index in [1.807, 2.05) is 19.1 Å². The fourth-order valence-corrected chi connectivity index (χ4v) is 1.95. The number of hydrogen-bond acceptors (Lipinski definition) is 7. The molecule has 3 rings (SSSR count). The Hall–Kier alpha value is -2.83. The van der Waals surface area contributed by atoms with Crippen LogP contribution in [0.1, 0.15) is 12.6 Å². The molecule has 20 heavy (non-hydrogen) atoms. The van der Waals surface area contributed by atoms with Crippen LogP contribution in [0.4, 0.5) is 11.8 Å². The Labute approximate surface area is 115 Å². The number of fused-ring (bicyclic) bond motifs is 1. The van der Waals surface area contributed by atoms with E-state index in [1.54, 1.807) is 6.20 Å². The number of hydrogen-bond donors (Lipinski definition) is 2. The van der Waals surface area contributed by atoms with Crippen molar-refractivity contribution in [3.8, 4) is 11.4 Å². The minimum Gasteiger partial charge on any atom is -0.382 e. The Morgan fingerprint density at radius 2 is 1.80 bits per heavy atom. The Kier molecular flexibility index (Phi) is 2.86. The number of pyridine rings is 1. The summed E-state index contributed by atoms with van der Waals surface area (Å²) in [6.45, 7) is 2.00. The predicted molar refractivity (Wildman–Crippen MR) is 76.6 cm³/mol. The molecule has 0 saturated carbocycles. The van der Waals surface area contributed by atoms with Gasteiger partial charge in [0.15, 0.2) is 0 Å². The second-order valence-electron chi connectivity index (χ2n) is 4.27. The van der Waals surface area contributed by atoms with Crippen LogP contribution >= 0.6 is 0 Å². The average molecular weight is 267 g/mol. The first kappa shape index (κ1) is 12.2. The summed E-state index contributed by atoms with van der Waals surface area (Å²) in [6, 6.07) is 3.68. The molecule has 0 aliphatic rings. The van der Waals surface area contributed by atoms with Gasteiger partial charge in [0.25, 0.3) is 0 Å². The molecule has 0 bridgehead atoms. The first-order valence-corrected chi connectivity index (χ1v) is 6.18. The van der Waals surface area contributed by atoms with Crippen molar-refractivity contribution >= 4 is 22.8 Å². The van der Waals surface area contributed by atoms with E-state index in [-0.39, 0.29) is 5.95 Å². The zero-order valence-corrected chi connectivity index (χ0v) is 10.9. The maximum atomic E-state index is 5.68. The molecule has 0 radical (unpaired) electrons. The average Bonchev–Trinajstić information content (AvgIpc) is 2.46. The van der Waals surface area contributed by atoms with Gasteiger partial charge in [0.05, 0.1) is 29.3 Å². The van der Waals surface area contributed by atoms with Gasteiger partial charge in [0.2, 0.25) is 5.95 Å². The highest BCUT2D eigenvalue weighted by Crippen LogP contribution is 2.20. The van der Waals surface area contributed by atoms with Crippen molar-refractivity contribution in [3.63, 3.8) is 0 Å². The summed E-state index contributed by atoms with van der Waals surface area (Å²) < 4.78 is 0. The van der Waals surface area contributed by atoms with E-state index >= 15 is 0 Å². The Morgan fingerprint density at radius 1 is 0.950 bits per heavy atom. The van der Waals surface area contributed by atoms with Crippen molar-refractivity contribution in [2.75, 3.05) is 11.5 Å². The molecule has 0 amide bonds. The molecular weight excluding hydrogens is 254 g/mol. The molecule has 3 aromatic heterocycles. The third-order valence-electron chi connectivity index (χ3n) is 2.90. The van der Waals surface area contributed by atoms with Gasteiger partial charge in [0.1, 0.15) is 17.0 Å². The Balaban J connectivity index is 2.19. The van der Waals surface area contributed by atoms with Crippen LogP contribution < -0.4 is 11.5 Å². The van der Waals surface area contributed by atoms with E-state index in [9.17, 15) is 0 Å². The fourth-order valence-electron chi connectivity index (χ4n) is 1.95. The third-order valence-corrected chi connectivity index (χ3v) is 2.90. The van der Waals surface area contributed by atoms with Crippen molar-refractivity contribution in [2.24, 2.45) is 0 Å². The van der Waals surface area contributed by atoms with Crippen molar-refractivity contribution in [3.05, 3.63) is 30.2 Å². The van der Waals surface area contributed by atoms with Crippen LogP contribution in [0.3, 0.4) is 0 Å². The quantitative estimate of drug-likeness (QED) is 0.716. The lowest BCUT2D eigenvalue weighted by molar-refractivity contribution is 1.03. The second kappa shape index (κ2) is 4.69. The SMILES string of the molecule is CCc1nc(N)nc2ccc(-c3cnc(N)cn3)nc12. The van der Waals surface area contributed by atoms with Crippen LogP contribution in [0.15, 0.2) is 24.5 Å². The van der Waals surface area contributed by atoms with Crippen molar-refractivity contribution in [1.29, 1.82) is 0 Å². The maximum Gasteiger partial charge on any atom is 0.220 e. The molecule has 4 N–H and O–H groups in total. The number of nitrogens with zero attached hydrogens (tertiary/aromatic N) is 5. The number of aromatic nitrogens is 5. The van der Waals surface area contributed by atoms with Crippen LogP contribution in [0.2, 0.25) is 0 Å². The lowest BCUT2D eigenvalue weighted by Crippen LogP contribution is -2.02. The highest BCUT2D eigenvalue weighted by atomic mass is 15.0. The van der Waals surface area contributed by atoms with Crippen molar-refractivity contribution < 1.29 is 0 Å². The summed E-state index contributed by atoms with van der Waals surface area (Å²) in [5, 5.41) is 0. The van der Waals surface area contributed by atoms with Gasteiger partial charge in [-0.15, -0.1) is 0 Å². The van der Waals surface area contributed by atoms with E-state index in [1.165, 1.54) is 6.20 Å². The first-order valence-electron chi connectivity index (χ1n) is 6.18. The van der Waals surface area contributed by atoms with Crippen LogP contribution in [0, 0.1) is 0 Å². The van der Waals surface area contributed by atoms with E-state index in [4.69, 9.17) is 11.5 Å². The molecule has 3 heterocycles. The van der Waals surface area contributed by atoms with Crippen LogP contribution in [-0.2, 0) is 6.42 Å². The molecule has 0 aromatic carbocycles. The topological polar surface area (TPSA) is 116 Å². The summed E-state index contributed by atoms with van der Waals surface area (Å²) >= 11 is 0. The van der Waals surface area contributed by atoms with Gasteiger partial charge in [-0.1, -0.05) is 6.92 Å². The molecule has 0 fully saturated rings. The minimum atomic E-state index is 0.260. The van der Waals surface area contributed by atoms with Crippen LogP contribution in [-0.4, -0.2) is 24.9 Å². The third kappa shape index (κ3) is 2.09. The summed E-state index contributed by atoms with van der Waals surface area (Å²) in [6.07, 6.45) is 3.82. The molecule has 100 valence electrons. The zero-order valence-electron chi connectivity index (χ0n) is 10.9. The molecule has 7 nitrogen and oxygen atoms in total. The van der Waals surface area contributed by atoms with Crippen molar-refractivity contribution in [1.82, 2.24) is 24.9 Å². The Bertz CT molecular complexity index is 768. The molecule has 3 aromatic rings. The van der Waals surface area contributed by atoms with Gasteiger partial charge in [-0.25, -0.2) is 24.9 Å². The van der Waals surface area contributed by atoms with Gasteiger partial charge in [-0.3, -0.25) is 0 Å². The largest absolute Gasteiger partial charge is 0.382 e. The normalized spacial score (nSPS) is 10.8. The monoisotopic (exact) mass is 267 g/mol. The summed E-state index contributed by atoms with van der Waals surface area (Å²) in [4.78, 5) is 21.2. The van der Waals surface area contributed by atoms with Crippen LogP contribution in [0.25, 0.3) is 22.4 Å². The van der Waals surface area contributed by atoms with E-state index in [0.717, 1.165) is 23.1 Å². The number of nitrogens with two attached hydrogens (primary N) is 2. The molecule has 0 aliphatic carbocycles. The highest BCUT2D eigenvalue weighted by Gasteiger charge is 2.09. The molecule has 0 spiro atoms. The lowest BCUT2D eigenvalue weighted by Gasteiger charge is -2.06. The minimum absolute atomic E-state index is 0.260. The summed E-state index contributed by atoms with van der Waals surface area (Å²) in [7, 11) is 0. The maximum absolute atomic E-state index is 5.68.